The number of nitrogens with one attached hydrogen (secondary N) is 1. The molecule has 3 rings (SSSR count). The molecular weight excluding hydrogens is 336 g/mol. The number of benzene rings is 1. The molecule has 0 radical (unpaired) electrons. The van der Waals surface area contributed by atoms with E-state index in [0.29, 0.717) is 29.8 Å². The number of nitrogens with two attached hydrogens (primary N) is 1. The summed E-state index contributed by atoms with van der Waals surface area (Å²) in [4.78, 5) is 16.3. The predicted octanol–water partition coefficient (Wildman–Crippen LogP) is 1.63. The summed E-state index contributed by atoms with van der Waals surface area (Å²) in [6.45, 7) is 0. The van der Waals surface area contributed by atoms with Gasteiger partial charge < -0.3 is 15.5 Å². The summed E-state index contributed by atoms with van der Waals surface area (Å²) < 4.78 is 6.41. The van der Waals surface area contributed by atoms with Crippen LogP contribution in [0, 0.1) is 11.3 Å². The van der Waals surface area contributed by atoms with Gasteiger partial charge in [-0.2, -0.15) is 5.26 Å². The summed E-state index contributed by atoms with van der Waals surface area (Å²) in [7, 11) is 0. The number of rotatable bonds is 4. The van der Waals surface area contributed by atoms with Crippen LogP contribution >= 0.6 is 15.9 Å². The van der Waals surface area contributed by atoms with Crippen LogP contribution in [0.3, 0.4) is 0 Å². The number of aromatic nitrogens is 1. The number of fused-ring (bicyclic) bond motifs is 1. The van der Waals surface area contributed by atoms with Gasteiger partial charge >= 0.3 is 0 Å². The van der Waals surface area contributed by atoms with E-state index in [9.17, 15) is 4.79 Å². The number of oxazole rings is 1. The number of nitrogens with zero attached hydrogens (tertiary/aromatic N) is 2. The minimum absolute atomic E-state index is 0.189. The summed E-state index contributed by atoms with van der Waals surface area (Å²) in [6.07, 6.45) is 1.55. The Hall–Kier alpha value is -1.91. The Morgan fingerprint density at radius 2 is 2.38 bits per heavy atom. The van der Waals surface area contributed by atoms with E-state index in [2.05, 4.69) is 32.3 Å². The standard InChI is InChI=1S/C14H13BrN4O2/c15-8-2-1-3-10-12(8)21-11(18-10)6-9(17)13(20)19-14(7-16)4-5-14/h1-3,9H,4-6,17H2,(H,19,20). The molecule has 1 aliphatic rings. The molecule has 1 heterocycles. The second-order valence-corrected chi connectivity index (χ2v) is 6.04. The molecule has 1 atom stereocenters. The molecule has 1 saturated carbocycles. The van der Waals surface area contributed by atoms with Crippen molar-refractivity contribution in [2.75, 3.05) is 0 Å². The summed E-state index contributed by atoms with van der Waals surface area (Å²) in [5, 5.41) is 11.6. The first-order valence-corrected chi connectivity index (χ1v) is 7.35. The normalized spacial score (nSPS) is 17.2. The maximum atomic E-state index is 12.0. The van der Waals surface area contributed by atoms with Crippen molar-refractivity contribution < 1.29 is 9.21 Å². The Bertz CT molecular complexity index is 745. The zero-order valence-corrected chi connectivity index (χ0v) is 12.7. The second kappa shape index (κ2) is 5.13. The number of amides is 1. The molecule has 3 N–H and O–H groups in total. The maximum Gasteiger partial charge on any atom is 0.238 e. The van der Waals surface area contributed by atoms with Gasteiger partial charge in [0.1, 0.15) is 11.1 Å². The highest BCUT2D eigenvalue weighted by Gasteiger charge is 2.45. The SMILES string of the molecule is N#CC1(NC(=O)C(N)Cc2nc3cccc(Br)c3o2)CC1. The van der Waals surface area contributed by atoms with Crippen LogP contribution in [-0.4, -0.2) is 22.5 Å². The molecule has 7 heteroatoms. The van der Waals surface area contributed by atoms with Crippen LogP contribution in [0.2, 0.25) is 0 Å². The number of para-hydroxylation sites is 1. The number of hydrogen-bond acceptors (Lipinski definition) is 5. The summed E-state index contributed by atoms with van der Waals surface area (Å²) in [5.74, 6) is 0.0525. The van der Waals surface area contributed by atoms with Crippen molar-refractivity contribution in [3.05, 3.63) is 28.6 Å². The van der Waals surface area contributed by atoms with Gasteiger partial charge in [0.05, 0.1) is 16.6 Å². The van der Waals surface area contributed by atoms with Gasteiger partial charge in [-0.15, -0.1) is 0 Å². The van der Waals surface area contributed by atoms with Gasteiger partial charge in [0.25, 0.3) is 0 Å². The lowest BCUT2D eigenvalue weighted by atomic mass is 10.2. The largest absolute Gasteiger partial charge is 0.439 e. The van der Waals surface area contributed by atoms with Gasteiger partial charge in [-0.25, -0.2) is 4.98 Å². The molecule has 1 fully saturated rings. The maximum absolute atomic E-state index is 12.0. The van der Waals surface area contributed by atoms with Crippen LogP contribution in [0.15, 0.2) is 27.1 Å². The van der Waals surface area contributed by atoms with Crippen molar-refractivity contribution in [1.29, 1.82) is 5.26 Å². The Kier molecular flexibility index (Phi) is 3.43. The van der Waals surface area contributed by atoms with Crippen molar-refractivity contribution in [2.45, 2.75) is 30.8 Å². The number of halogens is 1. The summed E-state index contributed by atoms with van der Waals surface area (Å²) >= 11 is 3.38. The van der Waals surface area contributed by atoms with Crippen molar-refractivity contribution in [1.82, 2.24) is 10.3 Å². The van der Waals surface area contributed by atoms with Gasteiger partial charge in [0.15, 0.2) is 11.5 Å². The van der Waals surface area contributed by atoms with Crippen molar-refractivity contribution in [3.8, 4) is 6.07 Å². The molecule has 1 amide bonds. The Morgan fingerprint density at radius 3 is 3.00 bits per heavy atom. The smallest absolute Gasteiger partial charge is 0.238 e. The third-order valence-electron chi connectivity index (χ3n) is 3.47. The molecule has 6 nitrogen and oxygen atoms in total. The zero-order valence-electron chi connectivity index (χ0n) is 11.1. The lowest BCUT2D eigenvalue weighted by Crippen LogP contribution is -2.47. The summed E-state index contributed by atoms with van der Waals surface area (Å²) in [6, 6.07) is 6.85. The van der Waals surface area contributed by atoms with Crippen LogP contribution in [0.5, 0.6) is 0 Å². The van der Waals surface area contributed by atoms with Crippen molar-refractivity contribution in [2.24, 2.45) is 5.73 Å². The highest BCUT2D eigenvalue weighted by Crippen LogP contribution is 2.34. The van der Waals surface area contributed by atoms with Crippen LogP contribution in [0.25, 0.3) is 11.1 Å². The Morgan fingerprint density at radius 1 is 1.62 bits per heavy atom. The second-order valence-electron chi connectivity index (χ2n) is 5.19. The van der Waals surface area contributed by atoms with Gasteiger partial charge in [-0.3, -0.25) is 4.79 Å². The van der Waals surface area contributed by atoms with Crippen LogP contribution in [0.1, 0.15) is 18.7 Å². The van der Waals surface area contributed by atoms with E-state index in [0.717, 1.165) is 4.47 Å². The Balaban J connectivity index is 1.71. The molecule has 1 aliphatic carbocycles. The molecule has 108 valence electrons. The zero-order chi connectivity index (χ0) is 15.0. The van der Waals surface area contributed by atoms with E-state index in [1.54, 1.807) is 0 Å². The predicted molar refractivity (Wildman–Crippen MR) is 79.1 cm³/mol. The molecule has 1 aromatic carbocycles. The molecule has 1 aromatic heterocycles. The van der Waals surface area contributed by atoms with Gasteiger partial charge in [0.2, 0.25) is 5.91 Å². The number of nitriles is 1. The fraction of sp³-hybridized carbons (Fsp3) is 0.357. The molecule has 21 heavy (non-hydrogen) atoms. The first-order chi connectivity index (χ1) is 10.0. The monoisotopic (exact) mass is 348 g/mol. The quantitative estimate of drug-likeness (QED) is 0.873. The van der Waals surface area contributed by atoms with E-state index < -0.39 is 11.6 Å². The molecule has 0 spiro atoms. The third kappa shape index (κ3) is 2.77. The average molecular weight is 349 g/mol. The third-order valence-corrected chi connectivity index (χ3v) is 4.09. The molecule has 0 aliphatic heterocycles. The lowest BCUT2D eigenvalue weighted by molar-refractivity contribution is -0.123. The van der Waals surface area contributed by atoms with Crippen molar-refractivity contribution in [3.63, 3.8) is 0 Å². The molecule has 1 unspecified atom stereocenters. The number of hydrogen-bond donors (Lipinski definition) is 2. The fourth-order valence-electron chi connectivity index (χ4n) is 2.05. The fourth-order valence-corrected chi connectivity index (χ4v) is 2.48. The van der Waals surface area contributed by atoms with Gasteiger partial charge in [-0.1, -0.05) is 6.07 Å². The lowest BCUT2D eigenvalue weighted by Gasteiger charge is -2.13. The topological polar surface area (TPSA) is 105 Å². The van der Waals surface area contributed by atoms with E-state index in [1.165, 1.54) is 0 Å². The minimum atomic E-state index is -0.789. The molecule has 2 aromatic rings. The van der Waals surface area contributed by atoms with E-state index in [1.807, 2.05) is 18.2 Å². The molecular formula is C14H13BrN4O2. The highest BCUT2D eigenvalue weighted by atomic mass is 79.9. The van der Waals surface area contributed by atoms with E-state index >= 15 is 0 Å². The Labute approximate surface area is 129 Å². The van der Waals surface area contributed by atoms with Crippen molar-refractivity contribution >= 4 is 32.9 Å². The van der Waals surface area contributed by atoms with Gasteiger partial charge in [-0.05, 0) is 40.9 Å². The van der Waals surface area contributed by atoms with Crippen LogP contribution in [0.4, 0.5) is 0 Å². The van der Waals surface area contributed by atoms with Gasteiger partial charge in [0, 0.05) is 6.42 Å². The molecule has 0 saturated heterocycles. The number of carbonyl (C=O) groups is 1. The van der Waals surface area contributed by atoms with Crippen LogP contribution in [-0.2, 0) is 11.2 Å². The molecule has 0 bridgehead atoms. The first kappa shape index (κ1) is 14.0. The first-order valence-electron chi connectivity index (χ1n) is 6.56. The van der Waals surface area contributed by atoms with Crippen LogP contribution < -0.4 is 11.1 Å². The summed E-state index contributed by atoms with van der Waals surface area (Å²) in [5.41, 5.74) is 6.50. The highest BCUT2D eigenvalue weighted by molar-refractivity contribution is 9.10. The number of carbonyl (C=O) groups excluding carboxylic acids is 1. The van der Waals surface area contributed by atoms with E-state index in [-0.39, 0.29) is 12.3 Å². The average Bonchev–Trinajstić information content (AvgIpc) is 3.10. The minimum Gasteiger partial charge on any atom is -0.439 e. The van der Waals surface area contributed by atoms with E-state index in [4.69, 9.17) is 15.4 Å².